The van der Waals surface area contributed by atoms with Gasteiger partial charge in [0.15, 0.2) is 0 Å². The van der Waals surface area contributed by atoms with Gasteiger partial charge in [-0.25, -0.2) is 8.42 Å². The lowest BCUT2D eigenvalue weighted by Crippen LogP contribution is -2.51. The second-order valence-electron chi connectivity index (χ2n) is 10.6. The molecule has 3 aromatic rings. The Morgan fingerprint density at radius 3 is 2.29 bits per heavy atom. The summed E-state index contributed by atoms with van der Waals surface area (Å²) in [5.74, 6) is 0.508. The highest BCUT2D eigenvalue weighted by Crippen LogP contribution is 2.37. The number of rotatable bonds is 6. The van der Waals surface area contributed by atoms with Gasteiger partial charge in [0.2, 0.25) is 10.0 Å². The molecule has 2 saturated heterocycles. The number of hydrogen-bond acceptors (Lipinski definition) is 4. The Hall–Kier alpha value is -2.09. The Morgan fingerprint density at radius 1 is 0.816 bits per heavy atom. The molecule has 0 N–H and O–H groups in total. The number of benzene rings is 3. The fourth-order valence-electron chi connectivity index (χ4n) is 6.02. The van der Waals surface area contributed by atoms with Crippen molar-refractivity contribution in [2.75, 3.05) is 50.7 Å². The maximum atomic E-state index is 13.6. The van der Waals surface area contributed by atoms with Gasteiger partial charge in [0, 0.05) is 61.5 Å². The van der Waals surface area contributed by atoms with E-state index in [9.17, 15) is 8.42 Å². The second kappa shape index (κ2) is 11.6. The number of piperazine rings is 1. The molecule has 38 heavy (non-hydrogen) atoms. The van der Waals surface area contributed by atoms with Crippen LogP contribution >= 0.6 is 23.2 Å². The number of sulfonamides is 1. The lowest BCUT2D eigenvalue weighted by molar-refractivity contribution is 0.153. The molecule has 2 atom stereocenters. The summed E-state index contributed by atoms with van der Waals surface area (Å²) in [4.78, 5) is 5.18. The quantitative estimate of drug-likeness (QED) is 0.352. The summed E-state index contributed by atoms with van der Waals surface area (Å²) in [5.41, 5.74) is 5.04. The summed E-state index contributed by atoms with van der Waals surface area (Å²) < 4.78 is 28.8. The van der Waals surface area contributed by atoms with Gasteiger partial charge in [-0.2, -0.15) is 4.31 Å². The first-order chi connectivity index (χ1) is 18.2. The van der Waals surface area contributed by atoms with Crippen molar-refractivity contribution in [3.63, 3.8) is 0 Å². The average Bonchev–Trinajstić information content (AvgIpc) is 2.91. The van der Waals surface area contributed by atoms with E-state index in [2.05, 4.69) is 60.0 Å². The minimum absolute atomic E-state index is 0.193. The standard InChI is InChI=1S/C30H35Cl2N3O2S/c1-22-6-3-4-9-28(22)29-12-13-35(38(36,37)27-8-5-7-25(31)18-27)21-24(29)20-33-14-16-34(17-15-33)30-19-26(32)11-10-23(30)2/h3-11,18-19,24,29H,12-17,20-21H2,1-2H3/t24-,29+/m0/s1. The molecule has 8 heteroatoms. The van der Waals surface area contributed by atoms with Gasteiger partial charge >= 0.3 is 0 Å². The van der Waals surface area contributed by atoms with Crippen LogP contribution in [-0.2, 0) is 10.0 Å². The predicted octanol–water partition coefficient (Wildman–Crippen LogP) is 6.23. The van der Waals surface area contributed by atoms with E-state index in [0.717, 1.165) is 44.2 Å². The highest BCUT2D eigenvalue weighted by molar-refractivity contribution is 7.89. The molecule has 0 aromatic heterocycles. The van der Waals surface area contributed by atoms with Gasteiger partial charge in [-0.15, -0.1) is 0 Å². The highest BCUT2D eigenvalue weighted by Gasteiger charge is 2.38. The van der Waals surface area contributed by atoms with Crippen LogP contribution in [0.25, 0.3) is 0 Å². The molecule has 2 fully saturated rings. The van der Waals surface area contributed by atoms with E-state index in [1.54, 1.807) is 28.6 Å². The third-order valence-electron chi connectivity index (χ3n) is 8.10. The molecule has 0 unspecified atom stereocenters. The first-order valence-electron chi connectivity index (χ1n) is 13.3. The summed E-state index contributed by atoms with van der Waals surface area (Å²) >= 11 is 12.4. The second-order valence-corrected chi connectivity index (χ2v) is 13.4. The Morgan fingerprint density at radius 2 is 1.55 bits per heavy atom. The molecule has 5 rings (SSSR count). The van der Waals surface area contributed by atoms with E-state index in [-0.39, 0.29) is 10.8 Å². The van der Waals surface area contributed by atoms with Crippen molar-refractivity contribution >= 4 is 38.9 Å². The highest BCUT2D eigenvalue weighted by atomic mass is 35.5. The molecule has 0 amide bonds. The van der Waals surface area contributed by atoms with Gasteiger partial charge < -0.3 is 4.90 Å². The monoisotopic (exact) mass is 571 g/mol. The molecule has 0 radical (unpaired) electrons. The number of halogens is 2. The molecule has 0 bridgehead atoms. The number of nitrogens with zero attached hydrogens (tertiary/aromatic N) is 3. The summed E-state index contributed by atoms with van der Waals surface area (Å²) in [6.45, 7) is 9.88. The SMILES string of the molecule is Cc1ccccc1[C@@H]1CCN(S(=O)(=O)c2cccc(Cl)c2)C[C@@H]1CN1CCN(c2cc(Cl)ccc2C)CC1. The van der Waals surface area contributed by atoms with Gasteiger partial charge in [0.1, 0.15) is 0 Å². The van der Waals surface area contributed by atoms with Crippen LogP contribution in [0.1, 0.15) is 29.0 Å². The molecule has 3 aromatic carbocycles. The summed E-state index contributed by atoms with van der Waals surface area (Å²) in [5, 5.41) is 1.20. The van der Waals surface area contributed by atoms with Crippen LogP contribution < -0.4 is 4.90 Å². The van der Waals surface area contributed by atoms with Crippen LogP contribution in [0.3, 0.4) is 0 Å². The summed E-state index contributed by atoms with van der Waals surface area (Å²) in [6, 6.07) is 21.2. The Balaban J connectivity index is 1.34. The van der Waals surface area contributed by atoms with Crippen molar-refractivity contribution in [2.45, 2.75) is 31.1 Å². The minimum Gasteiger partial charge on any atom is -0.369 e. The van der Waals surface area contributed by atoms with Crippen molar-refractivity contribution in [1.82, 2.24) is 9.21 Å². The summed E-state index contributed by atoms with van der Waals surface area (Å²) in [6.07, 6.45) is 0.803. The zero-order valence-corrected chi connectivity index (χ0v) is 24.3. The van der Waals surface area contributed by atoms with Crippen molar-refractivity contribution in [2.24, 2.45) is 5.92 Å². The van der Waals surface area contributed by atoms with E-state index in [0.29, 0.717) is 24.0 Å². The lowest BCUT2D eigenvalue weighted by atomic mass is 9.79. The maximum absolute atomic E-state index is 13.6. The van der Waals surface area contributed by atoms with Crippen molar-refractivity contribution in [3.05, 3.63) is 93.5 Å². The topological polar surface area (TPSA) is 43.9 Å². The van der Waals surface area contributed by atoms with E-state index < -0.39 is 10.0 Å². The van der Waals surface area contributed by atoms with Crippen LogP contribution in [0.2, 0.25) is 10.0 Å². The fourth-order valence-corrected chi connectivity index (χ4v) is 8.00. The predicted molar refractivity (Wildman–Crippen MR) is 157 cm³/mol. The molecular weight excluding hydrogens is 537 g/mol. The molecule has 2 aliphatic rings. The minimum atomic E-state index is -3.62. The lowest BCUT2D eigenvalue weighted by Gasteiger charge is -2.43. The third kappa shape index (κ3) is 5.90. The third-order valence-corrected chi connectivity index (χ3v) is 10.4. The fraction of sp³-hybridized carbons (Fsp3) is 0.400. The molecular formula is C30H35Cl2N3O2S. The maximum Gasteiger partial charge on any atom is 0.243 e. The zero-order valence-electron chi connectivity index (χ0n) is 22.0. The van der Waals surface area contributed by atoms with Crippen LogP contribution in [0.5, 0.6) is 0 Å². The van der Waals surface area contributed by atoms with E-state index in [4.69, 9.17) is 23.2 Å². The van der Waals surface area contributed by atoms with Gasteiger partial charge in [-0.3, -0.25) is 4.90 Å². The normalized spacial score (nSPS) is 21.5. The molecule has 202 valence electrons. The largest absolute Gasteiger partial charge is 0.369 e. The van der Waals surface area contributed by atoms with Gasteiger partial charge in [0.05, 0.1) is 4.90 Å². The Bertz CT molecular complexity index is 1390. The average molecular weight is 573 g/mol. The van der Waals surface area contributed by atoms with Crippen LogP contribution in [0.4, 0.5) is 5.69 Å². The van der Waals surface area contributed by atoms with Crippen LogP contribution in [0.15, 0.2) is 71.6 Å². The first-order valence-corrected chi connectivity index (χ1v) is 15.5. The Kier molecular flexibility index (Phi) is 8.36. The summed E-state index contributed by atoms with van der Waals surface area (Å²) in [7, 11) is -3.62. The van der Waals surface area contributed by atoms with E-state index in [1.165, 1.54) is 22.4 Å². The van der Waals surface area contributed by atoms with E-state index in [1.807, 2.05) is 6.07 Å². The van der Waals surface area contributed by atoms with Crippen molar-refractivity contribution in [3.8, 4) is 0 Å². The van der Waals surface area contributed by atoms with Crippen molar-refractivity contribution < 1.29 is 8.42 Å². The van der Waals surface area contributed by atoms with Gasteiger partial charge in [-0.05, 0) is 79.1 Å². The number of hydrogen-bond donors (Lipinski definition) is 0. The molecule has 5 nitrogen and oxygen atoms in total. The van der Waals surface area contributed by atoms with Crippen LogP contribution in [0, 0.1) is 19.8 Å². The first kappa shape index (κ1) is 27.5. The molecule has 0 spiro atoms. The zero-order chi connectivity index (χ0) is 26.9. The number of piperidine rings is 1. The molecule has 2 aliphatic heterocycles. The van der Waals surface area contributed by atoms with Gasteiger partial charge in [0.25, 0.3) is 0 Å². The molecule has 0 aliphatic carbocycles. The number of anilines is 1. The smallest absolute Gasteiger partial charge is 0.243 e. The van der Waals surface area contributed by atoms with Gasteiger partial charge in [-0.1, -0.05) is 59.6 Å². The van der Waals surface area contributed by atoms with Crippen LogP contribution in [-0.4, -0.2) is 63.4 Å². The van der Waals surface area contributed by atoms with E-state index >= 15 is 0 Å². The molecule has 2 heterocycles. The Labute approximate surface area is 237 Å². The number of aryl methyl sites for hydroxylation is 2. The molecule has 0 saturated carbocycles. The van der Waals surface area contributed by atoms with Crippen molar-refractivity contribution in [1.29, 1.82) is 0 Å².